The van der Waals surface area contributed by atoms with Crippen LogP contribution in [-0.2, 0) is 20.1 Å². The second-order valence-electron chi connectivity index (χ2n) is 4.38. The molecule has 0 saturated carbocycles. The summed E-state index contributed by atoms with van der Waals surface area (Å²) in [6.45, 7) is 4.24. The molecule has 0 amide bonds. The van der Waals surface area contributed by atoms with Crippen molar-refractivity contribution in [3.05, 3.63) is 42.5 Å². The van der Waals surface area contributed by atoms with Gasteiger partial charge in [-0.25, -0.2) is 0 Å². The third kappa shape index (κ3) is 2.62. The van der Waals surface area contributed by atoms with Gasteiger partial charge in [-0.2, -0.15) is 11.2 Å². The molecule has 0 N–H and O–H groups in total. The van der Waals surface area contributed by atoms with Crippen LogP contribution in [0.2, 0.25) is 0 Å². The summed E-state index contributed by atoms with van der Waals surface area (Å²) in [7, 11) is 0. The van der Waals surface area contributed by atoms with Crippen molar-refractivity contribution in [3.63, 3.8) is 0 Å². The summed E-state index contributed by atoms with van der Waals surface area (Å²) < 4.78 is 7.54. The standard InChI is InChI=1S/C14H14N3O.Ir/c1-3-10(2)14-16-12-6-5-11(9-13(12)18-14)17-8-4-7-15-17;/h4,6-10H,3H2,1-2H3;/q-1;. The maximum absolute atomic E-state index is 5.79. The van der Waals surface area contributed by atoms with Gasteiger partial charge in [0.1, 0.15) is 0 Å². The Bertz CT molecular complexity index is 660. The molecule has 0 spiro atoms. The van der Waals surface area contributed by atoms with Crippen LogP contribution < -0.4 is 0 Å². The van der Waals surface area contributed by atoms with Gasteiger partial charge in [0, 0.05) is 44.0 Å². The molecular weight excluding hydrogens is 418 g/mol. The van der Waals surface area contributed by atoms with Gasteiger partial charge in [0.15, 0.2) is 5.89 Å². The monoisotopic (exact) mass is 433 g/mol. The molecule has 0 fully saturated rings. The molecule has 1 radical (unpaired) electrons. The van der Waals surface area contributed by atoms with Gasteiger partial charge in [0.05, 0.1) is 0 Å². The van der Waals surface area contributed by atoms with Crippen molar-refractivity contribution in [1.82, 2.24) is 14.8 Å². The molecule has 3 aromatic rings. The van der Waals surface area contributed by atoms with Crippen LogP contribution in [0.1, 0.15) is 32.1 Å². The first-order valence-electron chi connectivity index (χ1n) is 6.10. The zero-order valence-corrected chi connectivity index (χ0v) is 13.1. The summed E-state index contributed by atoms with van der Waals surface area (Å²) in [6.07, 6.45) is 4.63. The Morgan fingerprint density at radius 1 is 1.47 bits per heavy atom. The Balaban J connectivity index is 0.00000133. The summed E-state index contributed by atoms with van der Waals surface area (Å²) in [5.41, 5.74) is 2.50. The summed E-state index contributed by atoms with van der Waals surface area (Å²) in [5.74, 6) is 1.13. The molecule has 101 valence electrons. The average Bonchev–Trinajstić information content (AvgIpc) is 3.05. The Labute approximate surface area is 125 Å². The zero-order chi connectivity index (χ0) is 12.5. The van der Waals surface area contributed by atoms with Gasteiger partial charge in [-0.1, -0.05) is 13.8 Å². The van der Waals surface area contributed by atoms with Crippen molar-refractivity contribution < 1.29 is 24.5 Å². The predicted molar refractivity (Wildman–Crippen MR) is 68.7 cm³/mol. The maximum atomic E-state index is 5.79. The van der Waals surface area contributed by atoms with Gasteiger partial charge in [0.2, 0.25) is 0 Å². The number of aromatic nitrogens is 3. The van der Waals surface area contributed by atoms with Crippen molar-refractivity contribution in [2.24, 2.45) is 0 Å². The molecule has 5 heteroatoms. The second-order valence-corrected chi connectivity index (χ2v) is 4.38. The fourth-order valence-electron chi connectivity index (χ4n) is 1.81. The van der Waals surface area contributed by atoms with Crippen LogP contribution in [0.4, 0.5) is 0 Å². The molecule has 0 aliphatic rings. The van der Waals surface area contributed by atoms with Crippen molar-refractivity contribution >= 4 is 11.1 Å². The molecule has 1 aromatic carbocycles. The van der Waals surface area contributed by atoms with E-state index in [4.69, 9.17) is 4.42 Å². The molecule has 2 aromatic heterocycles. The first-order valence-corrected chi connectivity index (χ1v) is 6.10. The fraction of sp³-hybridized carbons (Fsp3) is 0.286. The fourth-order valence-corrected chi connectivity index (χ4v) is 1.81. The minimum absolute atomic E-state index is 0. The number of hydrogen-bond acceptors (Lipinski definition) is 3. The van der Waals surface area contributed by atoms with Crippen LogP contribution >= 0.6 is 0 Å². The van der Waals surface area contributed by atoms with E-state index in [-0.39, 0.29) is 20.1 Å². The number of rotatable bonds is 3. The molecule has 3 rings (SSSR count). The van der Waals surface area contributed by atoms with E-state index in [1.54, 1.807) is 10.9 Å². The summed E-state index contributed by atoms with van der Waals surface area (Å²) in [5, 5.41) is 4.17. The third-order valence-corrected chi connectivity index (χ3v) is 3.11. The van der Waals surface area contributed by atoms with Gasteiger partial charge < -0.3 is 4.42 Å². The molecule has 0 bridgehead atoms. The number of benzene rings is 1. The van der Waals surface area contributed by atoms with Crippen molar-refractivity contribution in [2.75, 3.05) is 0 Å². The average molecular weight is 433 g/mol. The first kappa shape index (κ1) is 14.0. The number of nitrogens with zero attached hydrogens (tertiary/aromatic N) is 3. The van der Waals surface area contributed by atoms with Gasteiger partial charge in [-0.3, -0.25) is 9.67 Å². The largest absolute Gasteiger partial charge is 0.467 e. The van der Waals surface area contributed by atoms with Crippen molar-refractivity contribution in [3.8, 4) is 5.69 Å². The molecule has 19 heavy (non-hydrogen) atoms. The SMILES string of the molecule is CCC(C)c1nc2c[c-]c(-n3cccn3)cc2o1.[Ir]. The van der Waals surface area contributed by atoms with Crippen LogP contribution in [0, 0.1) is 6.07 Å². The third-order valence-electron chi connectivity index (χ3n) is 3.11. The molecule has 1 atom stereocenters. The zero-order valence-electron chi connectivity index (χ0n) is 10.8. The number of oxazole rings is 1. The summed E-state index contributed by atoms with van der Waals surface area (Å²) in [6, 6.07) is 8.81. The van der Waals surface area contributed by atoms with E-state index in [1.807, 2.05) is 24.4 Å². The Hall–Kier alpha value is -1.45. The van der Waals surface area contributed by atoms with Crippen LogP contribution in [-0.4, -0.2) is 14.8 Å². The molecule has 0 saturated heterocycles. The van der Waals surface area contributed by atoms with Crippen LogP contribution in [0.25, 0.3) is 16.8 Å². The normalized spacial score (nSPS) is 12.3. The quantitative estimate of drug-likeness (QED) is 0.597. The topological polar surface area (TPSA) is 43.9 Å². The van der Waals surface area contributed by atoms with E-state index in [1.165, 1.54) is 0 Å². The van der Waals surface area contributed by atoms with E-state index in [9.17, 15) is 0 Å². The molecule has 2 heterocycles. The van der Waals surface area contributed by atoms with Crippen molar-refractivity contribution in [2.45, 2.75) is 26.2 Å². The molecule has 0 aliphatic heterocycles. The van der Waals surface area contributed by atoms with Crippen molar-refractivity contribution in [1.29, 1.82) is 0 Å². The van der Waals surface area contributed by atoms with E-state index in [2.05, 4.69) is 30.0 Å². The van der Waals surface area contributed by atoms with E-state index in [0.29, 0.717) is 5.92 Å². The molecule has 1 unspecified atom stereocenters. The Morgan fingerprint density at radius 3 is 3.00 bits per heavy atom. The van der Waals surface area contributed by atoms with Gasteiger partial charge in [0.25, 0.3) is 0 Å². The Kier molecular flexibility index (Phi) is 4.17. The van der Waals surface area contributed by atoms with Gasteiger partial charge >= 0.3 is 0 Å². The minimum atomic E-state index is 0. The van der Waals surface area contributed by atoms with E-state index >= 15 is 0 Å². The number of hydrogen-bond donors (Lipinski definition) is 0. The molecule has 0 aliphatic carbocycles. The number of fused-ring (bicyclic) bond motifs is 1. The van der Waals surface area contributed by atoms with E-state index < -0.39 is 0 Å². The summed E-state index contributed by atoms with van der Waals surface area (Å²) >= 11 is 0. The second kappa shape index (κ2) is 5.68. The first-order chi connectivity index (χ1) is 8.78. The molecule has 4 nitrogen and oxygen atoms in total. The van der Waals surface area contributed by atoms with Crippen LogP contribution in [0.15, 0.2) is 35.0 Å². The van der Waals surface area contributed by atoms with Crippen LogP contribution in [0.3, 0.4) is 0 Å². The molecular formula is C14H14IrN3O-. The Morgan fingerprint density at radius 2 is 2.32 bits per heavy atom. The van der Waals surface area contributed by atoms with Crippen LogP contribution in [0.5, 0.6) is 0 Å². The van der Waals surface area contributed by atoms with Gasteiger partial charge in [-0.15, -0.1) is 12.1 Å². The predicted octanol–water partition coefficient (Wildman–Crippen LogP) is 3.32. The van der Waals surface area contributed by atoms with Gasteiger partial charge in [-0.05, 0) is 23.7 Å². The maximum Gasteiger partial charge on any atom is 0.182 e. The minimum Gasteiger partial charge on any atom is -0.467 e. The summed E-state index contributed by atoms with van der Waals surface area (Å²) in [4.78, 5) is 4.48. The van der Waals surface area contributed by atoms with E-state index in [0.717, 1.165) is 29.1 Å². The smallest absolute Gasteiger partial charge is 0.182 e.